The van der Waals surface area contributed by atoms with Crippen molar-refractivity contribution in [2.24, 2.45) is 11.8 Å². The van der Waals surface area contributed by atoms with Crippen molar-refractivity contribution < 1.29 is 5.11 Å². The first-order chi connectivity index (χ1) is 7.59. The van der Waals surface area contributed by atoms with Crippen LogP contribution in [0.1, 0.15) is 49.5 Å². The minimum absolute atomic E-state index is 0.259. The average molecular weight is 218 g/mol. The summed E-state index contributed by atoms with van der Waals surface area (Å²) >= 11 is 0. The van der Waals surface area contributed by atoms with Crippen LogP contribution in [-0.2, 0) is 6.42 Å². The van der Waals surface area contributed by atoms with Crippen molar-refractivity contribution in [2.45, 2.75) is 46.1 Å². The summed E-state index contributed by atoms with van der Waals surface area (Å²) in [4.78, 5) is 0. The smallest absolute Gasteiger partial charge is 0.0795 e. The summed E-state index contributed by atoms with van der Waals surface area (Å²) in [5, 5.41) is 10.3. The van der Waals surface area contributed by atoms with E-state index in [1.54, 1.807) is 0 Å². The molecule has 0 fully saturated rings. The first kappa shape index (κ1) is 11.7. The van der Waals surface area contributed by atoms with Gasteiger partial charge in [0, 0.05) is 0 Å². The second kappa shape index (κ2) is 4.58. The SMILES string of the molecule is Cc1cccc2c1CCC(C(C)C)CC2O. The number of rotatable bonds is 1. The summed E-state index contributed by atoms with van der Waals surface area (Å²) in [7, 11) is 0. The molecular weight excluding hydrogens is 196 g/mol. The van der Waals surface area contributed by atoms with E-state index < -0.39 is 0 Å². The molecule has 1 aromatic rings. The highest BCUT2D eigenvalue weighted by atomic mass is 16.3. The Labute approximate surface area is 98.5 Å². The predicted molar refractivity (Wildman–Crippen MR) is 67.4 cm³/mol. The van der Waals surface area contributed by atoms with Gasteiger partial charge in [0.05, 0.1) is 6.10 Å². The minimum atomic E-state index is -0.259. The summed E-state index contributed by atoms with van der Waals surface area (Å²) in [5.41, 5.74) is 3.89. The topological polar surface area (TPSA) is 20.2 Å². The standard InChI is InChI=1S/C15H22O/c1-10(2)12-7-8-13-11(3)5-4-6-14(13)15(16)9-12/h4-6,10,12,15-16H,7-9H2,1-3H3. The molecule has 2 atom stereocenters. The molecule has 0 spiro atoms. The molecule has 0 bridgehead atoms. The lowest BCUT2D eigenvalue weighted by Crippen LogP contribution is -2.11. The number of aliphatic hydroxyl groups is 1. The molecule has 1 aliphatic rings. The van der Waals surface area contributed by atoms with Crippen LogP contribution in [0.25, 0.3) is 0 Å². The molecule has 1 nitrogen and oxygen atoms in total. The number of fused-ring (bicyclic) bond motifs is 1. The van der Waals surface area contributed by atoms with Crippen molar-refractivity contribution in [3.05, 3.63) is 34.9 Å². The molecule has 0 aliphatic heterocycles. The normalized spacial score (nSPS) is 25.3. The van der Waals surface area contributed by atoms with Crippen LogP contribution < -0.4 is 0 Å². The number of hydrogen-bond donors (Lipinski definition) is 1. The molecule has 1 N–H and O–H groups in total. The third kappa shape index (κ3) is 2.15. The van der Waals surface area contributed by atoms with Gasteiger partial charge in [-0.1, -0.05) is 32.0 Å². The van der Waals surface area contributed by atoms with Gasteiger partial charge >= 0.3 is 0 Å². The number of aliphatic hydroxyl groups excluding tert-OH is 1. The molecule has 1 aromatic carbocycles. The van der Waals surface area contributed by atoms with E-state index in [2.05, 4.69) is 39.0 Å². The summed E-state index contributed by atoms with van der Waals surface area (Å²) in [6.45, 7) is 6.68. The fourth-order valence-corrected chi connectivity index (χ4v) is 2.85. The number of benzene rings is 1. The molecule has 1 heteroatoms. The average Bonchev–Trinajstić information content (AvgIpc) is 2.40. The van der Waals surface area contributed by atoms with E-state index in [1.165, 1.54) is 23.1 Å². The van der Waals surface area contributed by atoms with Crippen molar-refractivity contribution in [1.29, 1.82) is 0 Å². The van der Waals surface area contributed by atoms with Gasteiger partial charge in [-0.15, -0.1) is 0 Å². The molecule has 88 valence electrons. The Morgan fingerprint density at radius 3 is 2.75 bits per heavy atom. The van der Waals surface area contributed by atoms with E-state index in [0.29, 0.717) is 11.8 Å². The lowest BCUT2D eigenvalue weighted by molar-refractivity contribution is 0.132. The molecule has 0 heterocycles. The van der Waals surface area contributed by atoms with Crippen LogP contribution in [0.3, 0.4) is 0 Å². The summed E-state index contributed by atoms with van der Waals surface area (Å²) < 4.78 is 0. The zero-order valence-corrected chi connectivity index (χ0v) is 10.5. The van der Waals surface area contributed by atoms with Crippen LogP contribution in [0.4, 0.5) is 0 Å². The maximum atomic E-state index is 10.3. The van der Waals surface area contributed by atoms with Gasteiger partial charge in [-0.2, -0.15) is 0 Å². The Morgan fingerprint density at radius 2 is 2.06 bits per heavy atom. The van der Waals surface area contributed by atoms with E-state index in [0.717, 1.165) is 12.8 Å². The lowest BCUT2D eigenvalue weighted by Gasteiger charge is -2.20. The minimum Gasteiger partial charge on any atom is -0.388 e. The third-order valence-electron chi connectivity index (χ3n) is 4.04. The zero-order chi connectivity index (χ0) is 11.7. The zero-order valence-electron chi connectivity index (χ0n) is 10.5. The van der Waals surface area contributed by atoms with Gasteiger partial charge in [-0.3, -0.25) is 0 Å². The second-order valence-electron chi connectivity index (χ2n) is 5.44. The van der Waals surface area contributed by atoms with Crippen LogP contribution >= 0.6 is 0 Å². The van der Waals surface area contributed by atoms with Crippen molar-refractivity contribution in [3.63, 3.8) is 0 Å². The van der Waals surface area contributed by atoms with E-state index >= 15 is 0 Å². The highest BCUT2D eigenvalue weighted by Gasteiger charge is 2.25. The monoisotopic (exact) mass is 218 g/mol. The molecule has 2 unspecified atom stereocenters. The predicted octanol–water partition coefficient (Wildman–Crippen LogP) is 3.64. The van der Waals surface area contributed by atoms with Crippen LogP contribution in [0.2, 0.25) is 0 Å². The van der Waals surface area contributed by atoms with E-state index in [-0.39, 0.29) is 6.10 Å². The maximum Gasteiger partial charge on any atom is 0.0795 e. The molecule has 0 aromatic heterocycles. The fourth-order valence-electron chi connectivity index (χ4n) is 2.85. The van der Waals surface area contributed by atoms with Gasteiger partial charge in [0.15, 0.2) is 0 Å². The van der Waals surface area contributed by atoms with Crippen LogP contribution in [0, 0.1) is 18.8 Å². The first-order valence-electron chi connectivity index (χ1n) is 6.36. The molecule has 1 aliphatic carbocycles. The van der Waals surface area contributed by atoms with Crippen molar-refractivity contribution in [2.75, 3.05) is 0 Å². The maximum absolute atomic E-state index is 10.3. The van der Waals surface area contributed by atoms with Crippen molar-refractivity contribution in [1.82, 2.24) is 0 Å². The highest BCUT2D eigenvalue weighted by Crippen LogP contribution is 2.36. The number of hydrogen-bond acceptors (Lipinski definition) is 1. The molecular formula is C15H22O. The van der Waals surface area contributed by atoms with Crippen molar-refractivity contribution in [3.8, 4) is 0 Å². The summed E-state index contributed by atoms with van der Waals surface area (Å²) in [5.74, 6) is 1.33. The number of aryl methyl sites for hydroxylation is 1. The van der Waals surface area contributed by atoms with Gasteiger partial charge in [0.1, 0.15) is 0 Å². The Balaban J connectivity index is 2.32. The van der Waals surface area contributed by atoms with Crippen LogP contribution in [-0.4, -0.2) is 5.11 Å². The van der Waals surface area contributed by atoms with Gasteiger partial charge in [-0.25, -0.2) is 0 Å². The van der Waals surface area contributed by atoms with E-state index in [1.807, 2.05) is 0 Å². The van der Waals surface area contributed by atoms with Gasteiger partial charge in [0.25, 0.3) is 0 Å². The third-order valence-corrected chi connectivity index (χ3v) is 4.04. The Kier molecular flexibility index (Phi) is 3.34. The molecule has 16 heavy (non-hydrogen) atoms. The molecule has 2 rings (SSSR count). The summed E-state index contributed by atoms with van der Waals surface area (Å²) in [6.07, 6.45) is 3.01. The van der Waals surface area contributed by atoms with Gasteiger partial charge < -0.3 is 5.11 Å². The van der Waals surface area contributed by atoms with Gasteiger partial charge in [0.2, 0.25) is 0 Å². The lowest BCUT2D eigenvalue weighted by atomic mass is 9.88. The molecule has 0 saturated heterocycles. The Hall–Kier alpha value is -0.820. The largest absolute Gasteiger partial charge is 0.388 e. The summed E-state index contributed by atoms with van der Waals surface area (Å²) in [6, 6.07) is 6.31. The highest BCUT2D eigenvalue weighted by molar-refractivity contribution is 5.36. The quantitative estimate of drug-likeness (QED) is 0.714. The van der Waals surface area contributed by atoms with E-state index in [9.17, 15) is 5.11 Å². The Morgan fingerprint density at radius 1 is 1.31 bits per heavy atom. The Bertz CT molecular complexity index is 368. The fraction of sp³-hybridized carbons (Fsp3) is 0.600. The second-order valence-corrected chi connectivity index (χ2v) is 5.44. The van der Waals surface area contributed by atoms with Crippen molar-refractivity contribution >= 4 is 0 Å². The van der Waals surface area contributed by atoms with Gasteiger partial charge in [-0.05, 0) is 54.7 Å². The molecule has 0 amide bonds. The molecule has 0 saturated carbocycles. The van der Waals surface area contributed by atoms with E-state index in [4.69, 9.17) is 0 Å². The first-order valence-corrected chi connectivity index (χ1v) is 6.36. The molecule has 0 radical (unpaired) electrons. The van der Waals surface area contributed by atoms with Crippen LogP contribution in [0.5, 0.6) is 0 Å². The van der Waals surface area contributed by atoms with Crippen LogP contribution in [0.15, 0.2) is 18.2 Å².